The fraction of sp³-hybridized carbons (Fsp3) is 0.219. The minimum Gasteiger partial charge on any atom is -0.470 e. The first-order valence-electron chi connectivity index (χ1n) is 13.0. The lowest BCUT2D eigenvalue weighted by Crippen LogP contribution is -2.23. The fourth-order valence-electron chi connectivity index (χ4n) is 4.92. The molecule has 0 N–H and O–H groups in total. The van der Waals surface area contributed by atoms with E-state index in [2.05, 4.69) is 17.3 Å². The SMILES string of the molecule is CCOC(=O)C1(c2ccc(-c3ccc(-c4onc5ccc(O[C@H](C)c6ccccc6Cl)nc45)cc3)cc2)CC1. The maximum atomic E-state index is 12.4. The molecule has 0 aliphatic heterocycles. The Morgan fingerprint density at radius 2 is 1.62 bits per heavy atom. The van der Waals surface area contributed by atoms with Crippen LogP contribution < -0.4 is 4.74 Å². The van der Waals surface area contributed by atoms with E-state index in [-0.39, 0.29) is 12.1 Å². The van der Waals surface area contributed by atoms with Gasteiger partial charge in [-0.15, -0.1) is 0 Å². The van der Waals surface area contributed by atoms with Gasteiger partial charge in [-0.25, -0.2) is 4.98 Å². The van der Waals surface area contributed by atoms with Crippen molar-refractivity contribution in [1.82, 2.24) is 10.1 Å². The molecule has 3 aromatic carbocycles. The third-order valence-corrected chi connectivity index (χ3v) is 7.62. The van der Waals surface area contributed by atoms with Crippen molar-refractivity contribution in [3.8, 4) is 28.3 Å². The lowest BCUT2D eigenvalue weighted by atomic mass is 9.93. The number of pyridine rings is 1. The minimum atomic E-state index is -0.466. The summed E-state index contributed by atoms with van der Waals surface area (Å²) in [6.45, 7) is 4.18. The number of esters is 1. The molecule has 2 heterocycles. The van der Waals surface area contributed by atoms with Crippen molar-refractivity contribution in [1.29, 1.82) is 0 Å². The molecule has 0 unspecified atom stereocenters. The van der Waals surface area contributed by atoms with E-state index in [1.807, 2.05) is 80.6 Å². The number of aromatic nitrogens is 2. The van der Waals surface area contributed by atoms with Crippen LogP contribution in [0.25, 0.3) is 33.5 Å². The second-order valence-corrected chi connectivity index (χ2v) is 10.2. The van der Waals surface area contributed by atoms with Crippen molar-refractivity contribution >= 4 is 28.6 Å². The van der Waals surface area contributed by atoms with Gasteiger partial charge < -0.3 is 14.0 Å². The van der Waals surface area contributed by atoms with Gasteiger partial charge in [0.05, 0.1) is 12.0 Å². The molecular formula is C32H27ClN2O4. The highest BCUT2D eigenvalue weighted by molar-refractivity contribution is 6.31. The van der Waals surface area contributed by atoms with Crippen molar-refractivity contribution in [3.05, 3.63) is 101 Å². The number of ether oxygens (including phenoxy) is 2. The van der Waals surface area contributed by atoms with Crippen LogP contribution in [0.5, 0.6) is 5.88 Å². The van der Waals surface area contributed by atoms with Crippen LogP contribution in [0.1, 0.15) is 43.9 Å². The second kappa shape index (κ2) is 10.2. The Bertz CT molecular complexity index is 1640. The monoisotopic (exact) mass is 538 g/mol. The van der Waals surface area contributed by atoms with E-state index in [1.165, 1.54) is 0 Å². The fourth-order valence-corrected chi connectivity index (χ4v) is 5.21. The average Bonchev–Trinajstić information content (AvgIpc) is 3.67. The zero-order valence-electron chi connectivity index (χ0n) is 21.7. The molecule has 1 atom stereocenters. The van der Waals surface area contributed by atoms with Gasteiger partial charge in [-0.1, -0.05) is 83.5 Å². The van der Waals surface area contributed by atoms with Gasteiger partial charge in [-0.05, 0) is 55.5 Å². The third kappa shape index (κ3) is 4.77. The first kappa shape index (κ1) is 25.1. The van der Waals surface area contributed by atoms with E-state index < -0.39 is 5.41 Å². The summed E-state index contributed by atoms with van der Waals surface area (Å²) in [4.78, 5) is 17.1. The van der Waals surface area contributed by atoms with Gasteiger partial charge in [0.2, 0.25) is 5.88 Å². The molecular weight excluding hydrogens is 512 g/mol. The predicted octanol–water partition coefficient (Wildman–Crippen LogP) is 7.94. The van der Waals surface area contributed by atoms with E-state index in [4.69, 9.17) is 30.6 Å². The number of carbonyl (C=O) groups excluding carboxylic acids is 1. The Morgan fingerprint density at radius 3 is 2.28 bits per heavy atom. The molecule has 196 valence electrons. The normalized spacial score (nSPS) is 14.6. The largest absolute Gasteiger partial charge is 0.470 e. The molecule has 0 radical (unpaired) electrons. The zero-order chi connectivity index (χ0) is 27.0. The van der Waals surface area contributed by atoms with Crippen LogP contribution in [0.4, 0.5) is 0 Å². The molecule has 39 heavy (non-hydrogen) atoms. The van der Waals surface area contributed by atoms with Crippen LogP contribution in [-0.4, -0.2) is 22.7 Å². The molecule has 5 aromatic rings. The van der Waals surface area contributed by atoms with Crippen molar-refractivity contribution in [2.75, 3.05) is 6.61 Å². The summed E-state index contributed by atoms with van der Waals surface area (Å²) < 4.78 is 17.1. The second-order valence-electron chi connectivity index (χ2n) is 9.77. The van der Waals surface area contributed by atoms with E-state index in [0.717, 1.165) is 40.7 Å². The van der Waals surface area contributed by atoms with Gasteiger partial charge in [0.1, 0.15) is 17.1 Å². The molecule has 6 rings (SSSR count). The molecule has 0 spiro atoms. The number of halogens is 1. The number of rotatable bonds is 8. The molecule has 1 aliphatic rings. The van der Waals surface area contributed by atoms with Crippen LogP contribution in [-0.2, 0) is 14.9 Å². The van der Waals surface area contributed by atoms with Crippen molar-refractivity contribution in [2.45, 2.75) is 38.2 Å². The average molecular weight is 539 g/mol. The van der Waals surface area contributed by atoms with Crippen LogP contribution >= 0.6 is 11.6 Å². The highest BCUT2D eigenvalue weighted by Crippen LogP contribution is 2.49. The van der Waals surface area contributed by atoms with Gasteiger partial charge in [0.25, 0.3) is 0 Å². The van der Waals surface area contributed by atoms with Gasteiger partial charge >= 0.3 is 5.97 Å². The molecule has 0 saturated heterocycles. The number of carbonyl (C=O) groups is 1. The van der Waals surface area contributed by atoms with E-state index in [9.17, 15) is 4.79 Å². The summed E-state index contributed by atoms with van der Waals surface area (Å²) in [6.07, 6.45) is 1.40. The van der Waals surface area contributed by atoms with Gasteiger partial charge in [-0.3, -0.25) is 4.79 Å². The summed E-state index contributed by atoms with van der Waals surface area (Å²) in [7, 11) is 0. The van der Waals surface area contributed by atoms with Crippen LogP contribution in [0.2, 0.25) is 5.02 Å². The van der Waals surface area contributed by atoms with Crippen molar-refractivity contribution in [2.24, 2.45) is 0 Å². The van der Waals surface area contributed by atoms with Gasteiger partial charge in [-0.2, -0.15) is 0 Å². The summed E-state index contributed by atoms with van der Waals surface area (Å²) >= 11 is 6.34. The quantitative estimate of drug-likeness (QED) is 0.187. The molecule has 0 amide bonds. The van der Waals surface area contributed by atoms with Crippen LogP contribution in [0.3, 0.4) is 0 Å². The van der Waals surface area contributed by atoms with E-state index in [1.54, 1.807) is 6.07 Å². The van der Waals surface area contributed by atoms with E-state index in [0.29, 0.717) is 34.3 Å². The molecule has 2 aromatic heterocycles. The molecule has 1 aliphatic carbocycles. The summed E-state index contributed by atoms with van der Waals surface area (Å²) in [6, 6.07) is 27.5. The standard InChI is InChI=1S/C32H27ClN2O4/c1-3-37-31(36)32(18-19-32)24-14-12-22(13-15-24)21-8-10-23(11-9-21)30-29-27(35-39-30)16-17-28(34-29)38-20(2)25-6-4-5-7-26(25)33/h4-17,20H,3,18-19H2,1-2H3/t20-/m1/s1. The summed E-state index contributed by atoms with van der Waals surface area (Å²) in [5.74, 6) is 0.919. The molecule has 0 bridgehead atoms. The Labute approximate surface area is 231 Å². The Kier molecular flexibility index (Phi) is 6.57. The predicted molar refractivity (Wildman–Crippen MR) is 151 cm³/mol. The van der Waals surface area contributed by atoms with Gasteiger partial charge in [0.15, 0.2) is 5.76 Å². The third-order valence-electron chi connectivity index (χ3n) is 7.27. The molecule has 6 nitrogen and oxygen atoms in total. The highest BCUT2D eigenvalue weighted by atomic mass is 35.5. The lowest BCUT2D eigenvalue weighted by Gasteiger charge is -2.15. The summed E-state index contributed by atoms with van der Waals surface area (Å²) in [5.41, 5.74) is 5.71. The summed E-state index contributed by atoms with van der Waals surface area (Å²) in [5, 5.41) is 4.83. The Balaban J connectivity index is 1.22. The number of nitrogens with zero attached hydrogens (tertiary/aromatic N) is 2. The number of fused-ring (bicyclic) bond motifs is 1. The highest BCUT2D eigenvalue weighted by Gasteiger charge is 2.52. The molecule has 7 heteroatoms. The molecule has 1 saturated carbocycles. The maximum absolute atomic E-state index is 12.4. The first-order chi connectivity index (χ1) is 19.0. The molecule has 1 fully saturated rings. The van der Waals surface area contributed by atoms with Crippen LogP contribution in [0.15, 0.2) is 89.5 Å². The van der Waals surface area contributed by atoms with Crippen molar-refractivity contribution < 1.29 is 18.8 Å². The Morgan fingerprint density at radius 1 is 0.949 bits per heavy atom. The van der Waals surface area contributed by atoms with Crippen molar-refractivity contribution in [3.63, 3.8) is 0 Å². The lowest BCUT2D eigenvalue weighted by molar-refractivity contribution is -0.146. The van der Waals surface area contributed by atoms with Crippen LogP contribution in [0, 0.1) is 0 Å². The maximum Gasteiger partial charge on any atom is 0.316 e. The first-order valence-corrected chi connectivity index (χ1v) is 13.4. The number of hydrogen-bond acceptors (Lipinski definition) is 6. The Hall–Kier alpha value is -4.16. The number of hydrogen-bond donors (Lipinski definition) is 0. The van der Waals surface area contributed by atoms with Gasteiger partial charge in [0, 0.05) is 22.2 Å². The topological polar surface area (TPSA) is 74.5 Å². The van der Waals surface area contributed by atoms with E-state index >= 15 is 0 Å². The smallest absolute Gasteiger partial charge is 0.316 e. The number of benzene rings is 3. The zero-order valence-corrected chi connectivity index (χ0v) is 22.4. The minimum absolute atomic E-state index is 0.123.